The largest absolute Gasteiger partial charge is 0.519 e. The molecule has 30 heteroatoms. The molecule has 1 aliphatic rings. The highest BCUT2D eigenvalue weighted by molar-refractivity contribution is 6.44. The topological polar surface area (TPSA) is 362 Å². The van der Waals surface area contributed by atoms with Gasteiger partial charge in [-0.25, -0.2) is 47.6 Å². The van der Waals surface area contributed by atoms with Gasteiger partial charge in [-0.2, -0.15) is 14.8 Å². The average Bonchev–Trinajstić information content (AvgIpc) is 2.01. The van der Waals surface area contributed by atoms with E-state index in [1.165, 1.54) is 54.2 Å². The van der Waals surface area contributed by atoms with Crippen LogP contribution in [-0.4, -0.2) is 101 Å². The molecule has 4 heterocycles. The van der Waals surface area contributed by atoms with Gasteiger partial charge in [-0.05, 0) is 96.8 Å². The lowest BCUT2D eigenvalue weighted by molar-refractivity contribution is -0.157. The first kappa shape index (κ1) is 66.5. The van der Waals surface area contributed by atoms with Crippen LogP contribution in [0.25, 0.3) is 27.9 Å². The number of benzene rings is 6. The van der Waals surface area contributed by atoms with Crippen LogP contribution >= 0.6 is 23.2 Å². The van der Waals surface area contributed by atoms with E-state index < -0.39 is 78.2 Å². The lowest BCUT2D eigenvalue weighted by Crippen LogP contribution is -2.49. The Balaban J connectivity index is 0.000000199. The number of hydrogen-bond acceptors (Lipinski definition) is 21. The standard InChI is InChI=1S/C31H26ClFN4O8.C21H20ClFN2O6.C9H7N3O3/c1-18-27(45-31(42)44-18)17-43-30(41)26(38)16-36(15-19-7-9-20(10-8-19)23-13-21(32)11-12-24(23)33)35-29(40)25-14-28(39)37(34-25)22-5-3-2-4-6-22;1-12-19(31-21(28)30-12)11-29-20(27)18(26)10-25(24)9-13-2-4-14(5-3-13)16-8-15(22)6-7-17(16)23;13-8(14)7-10-9(15)12(11-7)6-4-2-1-3-5-6/h2-13,26,38H,14-17H2,1H3,(H,35,40);2-8,18,26H,9-11,24H2,1H3;1-5H,(H,13,14)(H,10,11,15)/t26-;18-;/m11./s1. The summed E-state index contributed by atoms with van der Waals surface area (Å²) in [4.78, 5) is 96.6. The number of nitrogens with zero attached hydrogens (tertiary/aromatic N) is 6. The number of nitrogens with two attached hydrogens (primary N) is 1. The van der Waals surface area contributed by atoms with Gasteiger partial charge < -0.3 is 42.5 Å². The Bertz CT molecular complexity index is 4270. The third-order valence-corrected chi connectivity index (χ3v) is 13.4. The average molecular weight is 1290 g/mol. The molecule has 0 radical (unpaired) electrons. The maximum atomic E-state index is 14.4. The Morgan fingerprint density at radius 1 is 0.670 bits per heavy atom. The summed E-state index contributed by atoms with van der Waals surface area (Å²) < 4.78 is 58.2. The molecule has 91 heavy (non-hydrogen) atoms. The minimum atomic E-state index is -1.75. The number of carboxylic acid groups (broad SMARTS) is 1. The number of H-pyrrole nitrogens is 1. The summed E-state index contributed by atoms with van der Waals surface area (Å²) in [5.41, 5.74) is 6.24. The number of nitrogens with one attached hydrogen (secondary N) is 2. The number of esters is 2. The number of aromatic amines is 1. The van der Waals surface area contributed by atoms with E-state index in [0.29, 0.717) is 49.2 Å². The Labute approximate surface area is 522 Å². The number of aryl methyl sites for hydroxylation is 2. The van der Waals surface area contributed by atoms with Gasteiger partial charge in [0, 0.05) is 34.3 Å². The number of para-hydroxylation sites is 2. The molecule has 0 unspecified atom stereocenters. The van der Waals surface area contributed by atoms with Gasteiger partial charge in [0.05, 0.1) is 30.9 Å². The Kier molecular flexibility index (Phi) is 22.4. The van der Waals surface area contributed by atoms with Crippen LogP contribution in [0.3, 0.4) is 0 Å². The van der Waals surface area contributed by atoms with Gasteiger partial charge in [-0.15, -0.1) is 5.10 Å². The lowest BCUT2D eigenvalue weighted by Gasteiger charge is -2.25. The van der Waals surface area contributed by atoms with Crippen LogP contribution in [0, 0.1) is 25.5 Å². The van der Waals surface area contributed by atoms with Crippen molar-refractivity contribution < 1.29 is 75.2 Å². The number of carbonyl (C=O) groups is 5. The third kappa shape index (κ3) is 18.3. The number of carboxylic acids is 1. The van der Waals surface area contributed by atoms with E-state index in [9.17, 15) is 57.4 Å². The lowest BCUT2D eigenvalue weighted by atomic mass is 10.0. The Morgan fingerprint density at radius 2 is 1.14 bits per heavy atom. The number of anilines is 1. The SMILES string of the molecule is Cc1oc(=O)oc1COC(=O)[C@H](O)CN(Cc1ccc(-c2cc(Cl)ccc2F)cc1)NC(=O)C1=NN(c2ccccc2)C(=O)C1.Cc1oc(=O)oc1COC(=O)[C@H](O)CN(N)Cc1ccc(-c2cc(Cl)ccc2F)cc1.O=C(O)c1nn(-c2ccccc2)c(=O)[nH]1. The van der Waals surface area contributed by atoms with Gasteiger partial charge in [0.1, 0.15) is 17.3 Å². The maximum Gasteiger partial charge on any atom is 0.519 e. The van der Waals surface area contributed by atoms with Crippen molar-refractivity contribution in [3.05, 3.63) is 239 Å². The number of aliphatic hydroxyl groups is 2. The summed E-state index contributed by atoms with van der Waals surface area (Å²) in [6.45, 7) is 1.69. The van der Waals surface area contributed by atoms with Crippen LogP contribution in [0.2, 0.25) is 10.0 Å². The first-order valence-electron chi connectivity index (χ1n) is 26.9. The van der Waals surface area contributed by atoms with Gasteiger partial charge in [-0.1, -0.05) is 108 Å². The first-order chi connectivity index (χ1) is 43.5. The Morgan fingerprint density at radius 3 is 1.60 bits per heavy atom. The summed E-state index contributed by atoms with van der Waals surface area (Å²) >= 11 is 12.0. The fraction of sp³-hybridized carbons (Fsp3) is 0.180. The predicted octanol–water partition coefficient (Wildman–Crippen LogP) is 6.77. The zero-order chi connectivity index (χ0) is 65.5. The van der Waals surface area contributed by atoms with E-state index in [0.717, 1.165) is 15.3 Å². The van der Waals surface area contributed by atoms with E-state index in [2.05, 4.69) is 25.0 Å². The molecule has 0 fully saturated rings. The van der Waals surface area contributed by atoms with Crippen LogP contribution < -0.4 is 33.6 Å². The van der Waals surface area contributed by atoms with Crippen LogP contribution in [0.5, 0.6) is 0 Å². The quantitative estimate of drug-likeness (QED) is 0.0245. The van der Waals surface area contributed by atoms with Crippen molar-refractivity contribution in [3.63, 3.8) is 0 Å². The van der Waals surface area contributed by atoms with Crippen LogP contribution in [0.1, 0.15) is 51.2 Å². The Hall–Kier alpha value is -10.5. The van der Waals surface area contributed by atoms with Crippen molar-refractivity contribution in [2.75, 3.05) is 18.1 Å². The number of carbonyl (C=O) groups excluding carboxylic acids is 4. The summed E-state index contributed by atoms with van der Waals surface area (Å²) in [7, 11) is 0. The van der Waals surface area contributed by atoms with Crippen LogP contribution in [-0.2, 0) is 55.0 Å². The van der Waals surface area contributed by atoms with Gasteiger partial charge >= 0.3 is 35.2 Å². The molecule has 0 aliphatic carbocycles. The number of aromatic nitrogens is 3. The fourth-order valence-corrected chi connectivity index (χ4v) is 8.79. The van der Waals surface area contributed by atoms with Crippen molar-refractivity contribution in [1.29, 1.82) is 0 Å². The normalized spacial score (nSPS) is 12.5. The molecule has 3 aromatic heterocycles. The van der Waals surface area contributed by atoms with E-state index in [1.54, 1.807) is 115 Å². The highest BCUT2D eigenvalue weighted by atomic mass is 35.5. The molecule has 0 spiro atoms. The zero-order valence-corrected chi connectivity index (χ0v) is 49.3. The van der Waals surface area contributed by atoms with Crippen molar-refractivity contribution in [3.8, 4) is 27.9 Å². The molecule has 472 valence electrons. The monoisotopic (exact) mass is 1290 g/mol. The number of halogens is 4. The number of aromatic carboxylic acids is 1. The number of aliphatic hydroxyl groups excluding tert-OH is 2. The minimum absolute atomic E-state index is 0.0196. The highest BCUT2D eigenvalue weighted by Crippen LogP contribution is 2.29. The molecular formula is C61H53Cl2F2N9O17. The third-order valence-electron chi connectivity index (χ3n) is 13.0. The maximum absolute atomic E-state index is 14.4. The molecule has 9 aromatic rings. The molecule has 1 aliphatic heterocycles. The number of hydrazine groups is 2. The predicted molar refractivity (Wildman–Crippen MR) is 320 cm³/mol. The molecule has 26 nitrogen and oxygen atoms in total. The van der Waals surface area contributed by atoms with E-state index in [-0.39, 0.29) is 73.1 Å². The van der Waals surface area contributed by atoms with Crippen molar-refractivity contribution in [2.24, 2.45) is 10.9 Å². The first-order valence-corrected chi connectivity index (χ1v) is 27.7. The number of ether oxygens (including phenoxy) is 2. The molecule has 0 saturated carbocycles. The summed E-state index contributed by atoms with van der Waals surface area (Å²) in [5, 5.41) is 41.5. The van der Waals surface area contributed by atoms with Gasteiger partial charge in [0.25, 0.3) is 11.8 Å². The zero-order valence-electron chi connectivity index (χ0n) is 47.8. The number of amides is 2. The van der Waals surface area contributed by atoms with E-state index in [1.807, 2.05) is 0 Å². The van der Waals surface area contributed by atoms with Gasteiger partial charge in [-0.3, -0.25) is 25.8 Å². The van der Waals surface area contributed by atoms with Crippen LogP contribution in [0.15, 0.2) is 183 Å². The molecule has 10 rings (SSSR count). The smallest absolute Gasteiger partial charge is 0.475 e. The van der Waals surface area contributed by atoms with E-state index >= 15 is 0 Å². The van der Waals surface area contributed by atoms with Crippen LogP contribution in [0.4, 0.5) is 14.5 Å². The summed E-state index contributed by atoms with van der Waals surface area (Å²) in [5.74, 6) is -1.23. The second-order valence-corrected chi connectivity index (χ2v) is 20.5. The number of rotatable bonds is 21. The van der Waals surface area contributed by atoms with Gasteiger partial charge in [0.15, 0.2) is 48.5 Å². The summed E-state index contributed by atoms with van der Waals surface area (Å²) in [6.07, 6.45) is -3.53. The summed E-state index contributed by atoms with van der Waals surface area (Å²) in [6, 6.07) is 39.3. The second-order valence-electron chi connectivity index (χ2n) is 19.6. The number of hydrazone groups is 1. The minimum Gasteiger partial charge on any atom is -0.475 e. The number of hydrogen-bond donors (Lipinski definition) is 6. The molecule has 6 aromatic carbocycles. The molecule has 7 N–H and O–H groups in total. The highest BCUT2D eigenvalue weighted by Gasteiger charge is 2.32. The molecule has 2 atom stereocenters. The van der Waals surface area contributed by atoms with Crippen molar-refractivity contribution >= 4 is 64.3 Å². The molecule has 0 bridgehead atoms. The fourth-order valence-electron chi connectivity index (χ4n) is 8.44. The van der Waals surface area contributed by atoms with Crippen molar-refractivity contribution in [2.45, 2.75) is 58.8 Å². The molecular weight excluding hydrogens is 1240 g/mol. The van der Waals surface area contributed by atoms with E-state index in [4.69, 9.17) is 56.9 Å². The van der Waals surface area contributed by atoms with Gasteiger partial charge in [0.2, 0.25) is 5.82 Å². The van der Waals surface area contributed by atoms with Crippen molar-refractivity contribution in [1.82, 2.24) is 30.2 Å². The molecule has 0 saturated heterocycles. The molecule has 2 amide bonds. The second kappa shape index (κ2) is 30.6.